The minimum absolute atomic E-state index is 0.0845. The molecule has 0 saturated heterocycles. The Morgan fingerprint density at radius 1 is 1.03 bits per heavy atom. The molecule has 0 unspecified atom stereocenters. The molecule has 2 N–H and O–H groups in total. The van der Waals surface area contributed by atoms with Crippen LogP contribution in [0.4, 0.5) is 0 Å². The SMILES string of the molecule is CC.CC.Cc1csc(CN(C)C(=O)c2cccc(-c3nnc(C4(N)CCC4)o3)c2)n1.c1ccccc1. The predicted octanol–water partition coefficient (Wildman–Crippen LogP) is 6.85. The molecule has 0 aliphatic heterocycles. The zero-order valence-corrected chi connectivity index (χ0v) is 23.6. The molecule has 0 radical (unpaired) electrons. The van der Waals surface area contributed by atoms with Gasteiger partial charge in [-0.2, -0.15) is 0 Å². The van der Waals surface area contributed by atoms with Gasteiger partial charge in [0.25, 0.3) is 5.91 Å². The summed E-state index contributed by atoms with van der Waals surface area (Å²) in [6, 6.07) is 19.2. The molecule has 4 aromatic rings. The number of carbonyl (C=O) groups excluding carboxylic acids is 1. The number of aryl methyl sites for hydroxylation is 1. The van der Waals surface area contributed by atoms with Crippen molar-refractivity contribution in [1.82, 2.24) is 20.1 Å². The maximum Gasteiger partial charge on any atom is 0.253 e. The second-order valence-corrected chi connectivity index (χ2v) is 9.14. The van der Waals surface area contributed by atoms with Crippen LogP contribution < -0.4 is 5.73 Å². The van der Waals surface area contributed by atoms with Crippen LogP contribution in [0, 0.1) is 6.92 Å². The van der Waals surface area contributed by atoms with E-state index in [4.69, 9.17) is 10.2 Å². The monoisotopic (exact) mass is 521 g/mol. The fraction of sp³-hybridized carbons (Fsp3) is 0.379. The molecule has 7 nitrogen and oxygen atoms in total. The molecular formula is C29H39N5O2S. The predicted molar refractivity (Wildman–Crippen MR) is 151 cm³/mol. The van der Waals surface area contributed by atoms with E-state index in [1.54, 1.807) is 35.4 Å². The fourth-order valence-electron chi connectivity index (χ4n) is 3.45. The van der Waals surface area contributed by atoms with Crippen molar-refractivity contribution in [2.75, 3.05) is 7.05 Å². The zero-order chi connectivity index (χ0) is 27.3. The Morgan fingerprint density at radius 2 is 1.65 bits per heavy atom. The molecule has 1 amide bonds. The topological polar surface area (TPSA) is 98.1 Å². The van der Waals surface area contributed by atoms with Gasteiger partial charge in [-0.25, -0.2) is 4.98 Å². The third-order valence-corrected chi connectivity index (χ3v) is 6.46. The lowest BCUT2D eigenvalue weighted by atomic mass is 9.78. The van der Waals surface area contributed by atoms with Crippen molar-refractivity contribution in [3.05, 3.63) is 88.2 Å². The van der Waals surface area contributed by atoms with E-state index >= 15 is 0 Å². The highest BCUT2D eigenvalue weighted by atomic mass is 32.1. The van der Waals surface area contributed by atoms with Crippen LogP contribution >= 0.6 is 11.3 Å². The number of hydrogen-bond acceptors (Lipinski definition) is 7. The van der Waals surface area contributed by atoms with Gasteiger partial charge >= 0.3 is 0 Å². The number of carbonyl (C=O) groups is 1. The number of benzene rings is 2. The van der Waals surface area contributed by atoms with Gasteiger partial charge in [0.2, 0.25) is 11.8 Å². The van der Waals surface area contributed by atoms with Gasteiger partial charge in [-0.1, -0.05) is 70.2 Å². The van der Waals surface area contributed by atoms with E-state index in [-0.39, 0.29) is 5.91 Å². The van der Waals surface area contributed by atoms with Crippen LogP contribution in [0.1, 0.15) is 73.9 Å². The van der Waals surface area contributed by atoms with Gasteiger partial charge in [0.15, 0.2) is 0 Å². The number of nitrogens with two attached hydrogens (primary N) is 1. The molecule has 1 aliphatic carbocycles. The van der Waals surface area contributed by atoms with E-state index in [1.807, 2.05) is 88.5 Å². The summed E-state index contributed by atoms with van der Waals surface area (Å²) in [7, 11) is 1.77. The number of hydrogen-bond donors (Lipinski definition) is 1. The third-order valence-electron chi connectivity index (χ3n) is 5.51. The zero-order valence-electron chi connectivity index (χ0n) is 22.8. The summed E-state index contributed by atoms with van der Waals surface area (Å²) in [5.74, 6) is 0.769. The first-order valence-corrected chi connectivity index (χ1v) is 13.7. The summed E-state index contributed by atoms with van der Waals surface area (Å²) in [6.07, 6.45) is 2.78. The van der Waals surface area contributed by atoms with Gasteiger partial charge in [0, 0.05) is 29.2 Å². The molecule has 8 heteroatoms. The molecule has 1 saturated carbocycles. The standard InChI is InChI=1S/C19H21N5O2S.C6H6.2C2H6/c1-12-11-27-15(21-12)10-24(2)17(25)14-6-3-5-13(9-14)16-22-23-18(26-16)19(20)7-4-8-19;1-2-4-6-5-3-1;2*1-2/h3,5-6,9,11H,4,7-8,10,20H2,1-2H3;1-6H;2*1-2H3. The summed E-state index contributed by atoms with van der Waals surface area (Å²) in [6.45, 7) is 10.4. The van der Waals surface area contributed by atoms with Crippen molar-refractivity contribution in [2.45, 2.75) is 66.0 Å². The quantitative estimate of drug-likeness (QED) is 0.308. The summed E-state index contributed by atoms with van der Waals surface area (Å²) in [5.41, 5.74) is 7.99. The molecule has 2 heterocycles. The molecule has 0 spiro atoms. The highest BCUT2D eigenvalue weighted by molar-refractivity contribution is 7.09. The van der Waals surface area contributed by atoms with Crippen molar-refractivity contribution >= 4 is 17.2 Å². The Morgan fingerprint density at radius 3 is 2.16 bits per heavy atom. The van der Waals surface area contributed by atoms with E-state index in [0.29, 0.717) is 29.5 Å². The van der Waals surface area contributed by atoms with Crippen molar-refractivity contribution in [3.63, 3.8) is 0 Å². The van der Waals surface area contributed by atoms with Crippen LogP contribution in [0.2, 0.25) is 0 Å². The molecule has 2 aromatic heterocycles. The smallest absolute Gasteiger partial charge is 0.253 e. The average Bonchev–Trinajstić information content (AvgIpc) is 3.60. The van der Waals surface area contributed by atoms with E-state index in [1.165, 1.54) is 0 Å². The van der Waals surface area contributed by atoms with Crippen LogP contribution in [0.15, 0.2) is 70.5 Å². The lowest BCUT2D eigenvalue weighted by molar-refractivity contribution is 0.0785. The van der Waals surface area contributed by atoms with Crippen molar-refractivity contribution in [3.8, 4) is 11.5 Å². The molecule has 0 bridgehead atoms. The third kappa shape index (κ3) is 8.33. The second-order valence-electron chi connectivity index (χ2n) is 8.20. The number of thiazole rings is 1. The first-order valence-electron chi connectivity index (χ1n) is 12.8. The lowest BCUT2D eigenvalue weighted by Crippen LogP contribution is -2.43. The summed E-state index contributed by atoms with van der Waals surface area (Å²) in [5, 5.41) is 11.1. The van der Waals surface area contributed by atoms with Gasteiger partial charge in [0.05, 0.1) is 12.1 Å². The average molecular weight is 522 g/mol. The normalized spacial score (nSPS) is 12.8. The van der Waals surface area contributed by atoms with E-state index in [2.05, 4.69) is 15.2 Å². The van der Waals surface area contributed by atoms with E-state index in [9.17, 15) is 4.79 Å². The number of amides is 1. The Labute approximate surface area is 224 Å². The minimum atomic E-state index is -0.495. The minimum Gasteiger partial charge on any atom is -0.419 e. The summed E-state index contributed by atoms with van der Waals surface area (Å²) in [4.78, 5) is 18.8. The maximum atomic E-state index is 12.8. The van der Waals surface area contributed by atoms with Crippen LogP contribution in [0.5, 0.6) is 0 Å². The molecule has 1 aliphatic rings. The molecule has 198 valence electrons. The Balaban J connectivity index is 0.000000412. The van der Waals surface area contributed by atoms with Crippen LogP contribution in [0.25, 0.3) is 11.5 Å². The first-order chi connectivity index (χ1) is 17.9. The Bertz CT molecular complexity index is 1180. The fourth-order valence-corrected chi connectivity index (χ4v) is 4.28. The summed E-state index contributed by atoms with van der Waals surface area (Å²) >= 11 is 1.55. The molecule has 0 atom stereocenters. The Hall–Kier alpha value is -3.36. The Kier molecular flexibility index (Phi) is 12.1. The second kappa shape index (κ2) is 15.0. The van der Waals surface area contributed by atoms with Crippen LogP contribution in [0.3, 0.4) is 0 Å². The highest BCUT2D eigenvalue weighted by Gasteiger charge is 2.39. The molecular weight excluding hydrogens is 482 g/mol. The van der Waals surface area contributed by atoms with E-state index in [0.717, 1.165) is 30.0 Å². The highest BCUT2D eigenvalue weighted by Crippen LogP contribution is 2.38. The van der Waals surface area contributed by atoms with Gasteiger partial charge in [-0.15, -0.1) is 21.5 Å². The molecule has 1 fully saturated rings. The summed E-state index contributed by atoms with van der Waals surface area (Å²) < 4.78 is 5.79. The van der Waals surface area contributed by atoms with Crippen molar-refractivity contribution < 1.29 is 9.21 Å². The number of nitrogens with zero attached hydrogens (tertiary/aromatic N) is 4. The van der Waals surface area contributed by atoms with Crippen molar-refractivity contribution in [2.24, 2.45) is 5.73 Å². The largest absolute Gasteiger partial charge is 0.419 e. The van der Waals surface area contributed by atoms with Crippen LogP contribution in [-0.4, -0.2) is 33.0 Å². The molecule has 2 aromatic carbocycles. The van der Waals surface area contributed by atoms with Gasteiger partial charge in [-0.3, -0.25) is 4.79 Å². The lowest BCUT2D eigenvalue weighted by Gasteiger charge is -2.33. The van der Waals surface area contributed by atoms with Gasteiger partial charge in [0.1, 0.15) is 5.01 Å². The molecule has 5 rings (SSSR count). The number of aromatic nitrogens is 3. The maximum absolute atomic E-state index is 12.8. The van der Waals surface area contributed by atoms with Gasteiger partial charge < -0.3 is 15.1 Å². The number of rotatable bonds is 5. The van der Waals surface area contributed by atoms with E-state index < -0.39 is 5.54 Å². The molecule has 37 heavy (non-hydrogen) atoms. The van der Waals surface area contributed by atoms with Gasteiger partial charge in [-0.05, 0) is 44.4 Å². The first kappa shape index (κ1) is 29.9. The van der Waals surface area contributed by atoms with Crippen molar-refractivity contribution in [1.29, 1.82) is 0 Å². The van der Waals surface area contributed by atoms with Crippen LogP contribution in [-0.2, 0) is 12.1 Å².